The topological polar surface area (TPSA) is 93.5 Å². The summed E-state index contributed by atoms with van der Waals surface area (Å²) >= 11 is 0. The highest BCUT2D eigenvalue weighted by Gasteiger charge is 2.07. The van der Waals surface area contributed by atoms with Gasteiger partial charge in [-0.05, 0) is 13.0 Å². The molecule has 0 bridgehead atoms. The molecular weight excluding hydrogens is 232 g/mol. The Hall–Kier alpha value is -2.63. The van der Waals surface area contributed by atoms with Gasteiger partial charge in [-0.3, -0.25) is 0 Å². The number of aromatic nitrogens is 2. The lowest BCUT2D eigenvalue weighted by Gasteiger charge is -2.00. The monoisotopic (exact) mass is 244 g/mol. The van der Waals surface area contributed by atoms with Crippen molar-refractivity contribution in [1.29, 1.82) is 0 Å². The number of carboxylic acids is 1. The highest BCUT2D eigenvalue weighted by Crippen LogP contribution is 2.08. The number of carboxylic acid groups (broad SMARTS) is 1. The lowest BCUT2D eigenvalue weighted by atomic mass is 10.1. The standard InChI is InChI=1S/C12H12N4O2/c1-8-7-16(12(13)15-8)14-6-9-4-2-3-5-10(9)11(17)18/h2-7H,1H3,(H2,13,15)(H,17,18). The summed E-state index contributed by atoms with van der Waals surface area (Å²) in [5.74, 6) is -0.733. The van der Waals surface area contributed by atoms with Crippen LogP contribution in [0.1, 0.15) is 21.6 Å². The maximum absolute atomic E-state index is 11.0. The minimum absolute atomic E-state index is 0.191. The predicted molar refractivity (Wildman–Crippen MR) is 67.8 cm³/mol. The second-order valence-electron chi connectivity index (χ2n) is 3.72. The number of nitrogens with zero attached hydrogens (tertiary/aromatic N) is 3. The fourth-order valence-corrected chi connectivity index (χ4v) is 1.53. The van der Waals surface area contributed by atoms with E-state index in [1.807, 2.05) is 0 Å². The number of aryl methyl sites for hydroxylation is 1. The molecule has 0 fully saturated rings. The number of hydrogen-bond acceptors (Lipinski definition) is 4. The first-order chi connectivity index (χ1) is 8.58. The number of aromatic carboxylic acids is 1. The van der Waals surface area contributed by atoms with E-state index >= 15 is 0 Å². The molecular formula is C12H12N4O2. The molecule has 6 nitrogen and oxygen atoms in total. The second kappa shape index (κ2) is 4.70. The molecule has 0 radical (unpaired) electrons. The molecule has 0 atom stereocenters. The molecule has 1 heterocycles. The summed E-state index contributed by atoms with van der Waals surface area (Å²) in [6.45, 7) is 1.80. The zero-order valence-electron chi connectivity index (χ0n) is 9.74. The van der Waals surface area contributed by atoms with Gasteiger partial charge in [0.2, 0.25) is 5.95 Å². The molecule has 0 amide bonds. The van der Waals surface area contributed by atoms with Crippen molar-refractivity contribution in [2.45, 2.75) is 6.92 Å². The van der Waals surface area contributed by atoms with E-state index in [9.17, 15) is 4.79 Å². The van der Waals surface area contributed by atoms with E-state index in [2.05, 4.69) is 10.1 Å². The number of hydrogen-bond donors (Lipinski definition) is 2. The van der Waals surface area contributed by atoms with E-state index in [1.165, 1.54) is 17.0 Å². The van der Waals surface area contributed by atoms with E-state index in [0.29, 0.717) is 5.56 Å². The number of carbonyl (C=O) groups is 1. The van der Waals surface area contributed by atoms with Crippen LogP contribution in [0.3, 0.4) is 0 Å². The molecule has 18 heavy (non-hydrogen) atoms. The number of anilines is 1. The summed E-state index contributed by atoms with van der Waals surface area (Å²) < 4.78 is 1.40. The number of rotatable bonds is 3. The third-order valence-electron chi connectivity index (χ3n) is 2.35. The van der Waals surface area contributed by atoms with Gasteiger partial charge in [-0.25, -0.2) is 14.5 Å². The lowest BCUT2D eigenvalue weighted by Crippen LogP contribution is -2.02. The van der Waals surface area contributed by atoms with E-state index in [1.54, 1.807) is 31.3 Å². The molecule has 6 heteroatoms. The van der Waals surface area contributed by atoms with E-state index in [4.69, 9.17) is 10.8 Å². The van der Waals surface area contributed by atoms with Crippen molar-refractivity contribution < 1.29 is 9.90 Å². The van der Waals surface area contributed by atoms with Crippen LogP contribution < -0.4 is 5.73 Å². The molecule has 0 saturated heterocycles. The van der Waals surface area contributed by atoms with Crippen LogP contribution in [0, 0.1) is 6.92 Å². The summed E-state index contributed by atoms with van der Waals surface area (Å²) in [6, 6.07) is 6.60. The summed E-state index contributed by atoms with van der Waals surface area (Å²) in [4.78, 5) is 15.0. The van der Waals surface area contributed by atoms with Gasteiger partial charge in [0.25, 0.3) is 0 Å². The van der Waals surface area contributed by atoms with Crippen molar-refractivity contribution in [3.05, 3.63) is 47.3 Å². The molecule has 0 aliphatic heterocycles. The molecule has 0 unspecified atom stereocenters. The van der Waals surface area contributed by atoms with Crippen LogP contribution in [0.4, 0.5) is 5.95 Å². The Morgan fingerprint density at radius 2 is 2.22 bits per heavy atom. The molecule has 0 saturated carbocycles. The van der Waals surface area contributed by atoms with Gasteiger partial charge in [-0.2, -0.15) is 5.10 Å². The first-order valence-corrected chi connectivity index (χ1v) is 5.26. The number of nitrogens with two attached hydrogens (primary N) is 1. The molecule has 1 aromatic carbocycles. The third-order valence-corrected chi connectivity index (χ3v) is 2.35. The Morgan fingerprint density at radius 3 is 2.83 bits per heavy atom. The fourth-order valence-electron chi connectivity index (χ4n) is 1.53. The Labute approximate surface area is 103 Å². The first kappa shape index (κ1) is 11.8. The van der Waals surface area contributed by atoms with E-state index < -0.39 is 5.97 Å². The normalized spacial score (nSPS) is 10.9. The van der Waals surface area contributed by atoms with Gasteiger partial charge in [0.1, 0.15) is 0 Å². The van der Waals surface area contributed by atoms with Gasteiger partial charge >= 0.3 is 5.97 Å². The Balaban J connectivity index is 2.34. The predicted octanol–water partition coefficient (Wildman–Crippen LogP) is 1.35. The average molecular weight is 244 g/mol. The molecule has 0 spiro atoms. The van der Waals surface area contributed by atoms with Gasteiger partial charge in [0.05, 0.1) is 23.7 Å². The highest BCUT2D eigenvalue weighted by atomic mass is 16.4. The second-order valence-corrected chi connectivity index (χ2v) is 3.72. The van der Waals surface area contributed by atoms with E-state index in [-0.39, 0.29) is 11.5 Å². The minimum atomic E-state index is -0.994. The molecule has 1 aromatic heterocycles. The quantitative estimate of drug-likeness (QED) is 0.797. The SMILES string of the molecule is Cc1cn(N=Cc2ccccc2C(=O)O)c(N)n1. The van der Waals surface area contributed by atoms with Crippen LogP contribution in [0.25, 0.3) is 0 Å². The number of nitrogen functional groups attached to an aromatic ring is 1. The third kappa shape index (κ3) is 2.37. The Bertz CT molecular complexity index is 616. The summed E-state index contributed by atoms with van der Waals surface area (Å²) in [7, 11) is 0. The van der Waals surface area contributed by atoms with Crippen LogP contribution >= 0.6 is 0 Å². The Kier molecular flexibility index (Phi) is 3.09. The molecule has 0 aliphatic rings. The summed E-state index contributed by atoms with van der Waals surface area (Å²) in [5.41, 5.74) is 7.07. The molecule has 2 rings (SSSR count). The van der Waals surface area contributed by atoms with Gasteiger partial charge < -0.3 is 10.8 Å². The van der Waals surface area contributed by atoms with Gasteiger partial charge in [0, 0.05) is 5.56 Å². The largest absolute Gasteiger partial charge is 0.478 e. The van der Waals surface area contributed by atoms with Crippen molar-refractivity contribution in [2.24, 2.45) is 5.10 Å². The number of imidazole rings is 1. The first-order valence-electron chi connectivity index (χ1n) is 5.26. The van der Waals surface area contributed by atoms with Crippen LogP contribution in [0.5, 0.6) is 0 Å². The maximum atomic E-state index is 11.0. The molecule has 92 valence electrons. The molecule has 3 N–H and O–H groups in total. The molecule has 2 aromatic rings. The van der Waals surface area contributed by atoms with Crippen LogP contribution in [-0.2, 0) is 0 Å². The average Bonchev–Trinajstić information content (AvgIpc) is 2.65. The van der Waals surface area contributed by atoms with Crippen LogP contribution in [-0.4, -0.2) is 27.0 Å². The van der Waals surface area contributed by atoms with Crippen molar-refractivity contribution in [1.82, 2.24) is 9.66 Å². The minimum Gasteiger partial charge on any atom is -0.478 e. The van der Waals surface area contributed by atoms with Crippen LogP contribution in [0.15, 0.2) is 35.6 Å². The van der Waals surface area contributed by atoms with Crippen molar-refractivity contribution in [2.75, 3.05) is 5.73 Å². The van der Waals surface area contributed by atoms with Gasteiger partial charge in [0.15, 0.2) is 0 Å². The number of benzene rings is 1. The smallest absolute Gasteiger partial charge is 0.336 e. The van der Waals surface area contributed by atoms with Crippen LogP contribution in [0.2, 0.25) is 0 Å². The maximum Gasteiger partial charge on any atom is 0.336 e. The van der Waals surface area contributed by atoms with Crippen molar-refractivity contribution in [3.8, 4) is 0 Å². The van der Waals surface area contributed by atoms with Crippen molar-refractivity contribution in [3.63, 3.8) is 0 Å². The summed E-state index contributed by atoms with van der Waals surface area (Å²) in [6.07, 6.45) is 3.11. The summed E-state index contributed by atoms with van der Waals surface area (Å²) in [5, 5.41) is 13.1. The fraction of sp³-hybridized carbons (Fsp3) is 0.0833. The molecule has 0 aliphatic carbocycles. The van der Waals surface area contributed by atoms with Gasteiger partial charge in [-0.1, -0.05) is 18.2 Å². The van der Waals surface area contributed by atoms with E-state index in [0.717, 1.165) is 5.69 Å². The Morgan fingerprint density at radius 1 is 1.50 bits per heavy atom. The lowest BCUT2D eigenvalue weighted by molar-refractivity contribution is 0.0697. The van der Waals surface area contributed by atoms with Gasteiger partial charge in [-0.15, -0.1) is 0 Å². The van der Waals surface area contributed by atoms with Crippen molar-refractivity contribution >= 4 is 18.1 Å². The highest BCUT2D eigenvalue weighted by molar-refractivity contribution is 5.98. The zero-order valence-corrected chi connectivity index (χ0v) is 9.74. The zero-order chi connectivity index (χ0) is 13.1.